The van der Waals surface area contributed by atoms with Gasteiger partial charge in [-0.15, -0.1) is 11.3 Å². The number of hydrogen-bond acceptors (Lipinski definition) is 3. The van der Waals surface area contributed by atoms with Crippen LogP contribution in [0.3, 0.4) is 0 Å². The molecule has 1 N–H and O–H groups in total. The summed E-state index contributed by atoms with van der Waals surface area (Å²) in [6.07, 6.45) is 4.98. The van der Waals surface area contributed by atoms with E-state index in [1.165, 1.54) is 30.7 Å². The SMILES string of the molecule is O=C(c1cc(Br)cs1)N1CCC(NCC2CC2)CC1. The van der Waals surface area contributed by atoms with E-state index < -0.39 is 0 Å². The van der Waals surface area contributed by atoms with E-state index in [9.17, 15) is 4.79 Å². The Balaban J connectivity index is 1.47. The minimum Gasteiger partial charge on any atom is -0.338 e. The van der Waals surface area contributed by atoms with E-state index in [0.29, 0.717) is 6.04 Å². The number of halogens is 1. The van der Waals surface area contributed by atoms with Gasteiger partial charge in [-0.25, -0.2) is 0 Å². The summed E-state index contributed by atoms with van der Waals surface area (Å²) in [4.78, 5) is 15.1. The Bertz CT molecular complexity index is 450. The second-order valence-corrected chi connectivity index (χ2v) is 7.37. The van der Waals surface area contributed by atoms with Crippen molar-refractivity contribution in [1.29, 1.82) is 0 Å². The van der Waals surface area contributed by atoms with Crippen LogP contribution >= 0.6 is 27.3 Å². The first-order valence-corrected chi connectivity index (χ1v) is 8.66. The highest BCUT2D eigenvalue weighted by Crippen LogP contribution is 2.28. The average Bonchev–Trinajstić information content (AvgIpc) is 3.17. The van der Waals surface area contributed by atoms with Crippen LogP contribution in [0.15, 0.2) is 15.9 Å². The molecule has 0 unspecified atom stereocenters. The zero-order valence-corrected chi connectivity index (χ0v) is 13.3. The molecule has 1 aromatic heterocycles. The third kappa shape index (κ3) is 3.58. The molecule has 0 radical (unpaired) electrons. The van der Waals surface area contributed by atoms with Gasteiger partial charge >= 0.3 is 0 Å². The quantitative estimate of drug-likeness (QED) is 0.911. The third-order valence-electron chi connectivity index (χ3n) is 3.95. The maximum atomic E-state index is 12.3. The minimum atomic E-state index is 0.191. The van der Waals surface area contributed by atoms with Crippen LogP contribution in [0.5, 0.6) is 0 Å². The first-order chi connectivity index (χ1) is 9.22. The van der Waals surface area contributed by atoms with E-state index in [2.05, 4.69) is 21.2 Å². The van der Waals surface area contributed by atoms with Crippen LogP contribution in [-0.4, -0.2) is 36.5 Å². The highest BCUT2D eigenvalue weighted by Gasteiger charge is 2.26. The Labute approximate surface area is 126 Å². The molecule has 0 spiro atoms. The van der Waals surface area contributed by atoms with Crippen molar-refractivity contribution in [3.63, 3.8) is 0 Å². The van der Waals surface area contributed by atoms with Gasteiger partial charge in [0.2, 0.25) is 0 Å². The second kappa shape index (κ2) is 5.94. The van der Waals surface area contributed by atoms with Crippen molar-refractivity contribution >= 4 is 33.2 Å². The molecule has 104 valence electrons. The maximum Gasteiger partial charge on any atom is 0.263 e. The molecule has 3 nitrogen and oxygen atoms in total. The van der Waals surface area contributed by atoms with Gasteiger partial charge < -0.3 is 10.2 Å². The lowest BCUT2D eigenvalue weighted by molar-refractivity contribution is 0.0710. The van der Waals surface area contributed by atoms with Crippen molar-refractivity contribution in [3.05, 3.63) is 20.8 Å². The van der Waals surface area contributed by atoms with E-state index in [1.807, 2.05) is 16.3 Å². The number of nitrogens with one attached hydrogen (secondary N) is 1. The van der Waals surface area contributed by atoms with Gasteiger partial charge in [-0.3, -0.25) is 4.79 Å². The van der Waals surface area contributed by atoms with Crippen LogP contribution in [-0.2, 0) is 0 Å². The molecule has 1 amide bonds. The lowest BCUT2D eigenvalue weighted by Crippen LogP contribution is -2.45. The van der Waals surface area contributed by atoms with Crippen molar-refractivity contribution in [2.75, 3.05) is 19.6 Å². The molecule has 1 aliphatic heterocycles. The number of hydrogen-bond donors (Lipinski definition) is 1. The zero-order chi connectivity index (χ0) is 13.2. The van der Waals surface area contributed by atoms with Crippen molar-refractivity contribution in [2.45, 2.75) is 31.7 Å². The summed E-state index contributed by atoms with van der Waals surface area (Å²) in [5, 5.41) is 5.61. The van der Waals surface area contributed by atoms with Gasteiger partial charge in [0.25, 0.3) is 5.91 Å². The molecule has 1 aliphatic carbocycles. The fraction of sp³-hybridized carbons (Fsp3) is 0.643. The van der Waals surface area contributed by atoms with Gasteiger partial charge in [-0.05, 0) is 60.1 Å². The molecule has 1 saturated carbocycles. The lowest BCUT2D eigenvalue weighted by Gasteiger charge is -2.32. The number of nitrogens with zero attached hydrogens (tertiary/aromatic N) is 1. The van der Waals surface area contributed by atoms with Crippen LogP contribution in [0.1, 0.15) is 35.4 Å². The van der Waals surface area contributed by atoms with E-state index in [-0.39, 0.29) is 5.91 Å². The van der Waals surface area contributed by atoms with Gasteiger partial charge in [-0.2, -0.15) is 0 Å². The van der Waals surface area contributed by atoms with Crippen molar-refractivity contribution in [2.24, 2.45) is 5.92 Å². The minimum absolute atomic E-state index is 0.191. The van der Waals surface area contributed by atoms with Gasteiger partial charge in [0.05, 0.1) is 4.88 Å². The Morgan fingerprint density at radius 2 is 2.11 bits per heavy atom. The van der Waals surface area contributed by atoms with E-state index in [0.717, 1.165) is 41.2 Å². The van der Waals surface area contributed by atoms with Crippen LogP contribution in [0.4, 0.5) is 0 Å². The van der Waals surface area contributed by atoms with E-state index in [1.54, 1.807) is 0 Å². The fourth-order valence-corrected chi connectivity index (χ4v) is 3.92. The Hall–Kier alpha value is -0.390. The smallest absolute Gasteiger partial charge is 0.263 e. The molecule has 2 heterocycles. The highest BCUT2D eigenvalue weighted by molar-refractivity contribution is 9.10. The molecule has 1 aromatic rings. The predicted molar refractivity (Wildman–Crippen MR) is 81.7 cm³/mol. The largest absolute Gasteiger partial charge is 0.338 e. The van der Waals surface area contributed by atoms with E-state index >= 15 is 0 Å². The Morgan fingerprint density at radius 1 is 1.37 bits per heavy atom. The highest BCUT2D eigenvalue weighted by atomic mass is 79.9. The molecule has 2 fully saturated rings. The number of carbonyl (C=O) groups excluding carboxylic acids is 1. The lowest BCUT2D eigenvalue weighted by atomic mass is 10.0. The average molecular weight is 343 g/mol. The third-order valence-corrected chi connectivity index (χ3v) is 5.63. The Morgan fingerprint density at radius 3 is 2.68 bits per heavy atom. The van der Waals surface area contributed by atoms with Crippen LogP contribution in [0, 0.1) is 5.92 Å². The first kappa shape index (κ1) is 13.6. The molecule has 0 bridgehead atoms. The maximum absolute atomic E-state index is 12.3. The standard InChI is InChI=1S/C14H19BrN2OS/c15-11-7-13(19-9-11)14(18)17-5-3-12(4-6-17)16-8-10-1-2-10/h7,9-10,12,16H,1-6,8H2. The van der Waals surface area contributed by atoms with Crippen molar-refractivity contribution in [3.8, 4) is 0 Å². The summed E-state index contributed by atoms with van der Waals surface area (Å²) in [7, 11) is 0. The summed E-state index contributed by atoms with van der Waals surface area (Å²) in [5.41, 5.74) is 0. The molecular weight excluding hydrogens is 324 g/mol. The number of amides is 1. The molecular formula is C14H19BrN2OS. The fourth-order valence-electron chi connectivity index (χ4n) is 2.52. The normalized spacial score (nSPS) is 20.8. The number of thiophene rings is 1. The number of piperidine rings is 1. The van der Waals surface area contributed by atoms with Crippen LogP contribution < -0.4 is 5.32 Å². The van der Waals surface area contributed by atoms with Crippen molar-refractivity contribution < 1.29 is 4.79 Å². The molecule has 2 aliphatic rings. The zero-order valence-electron chi connectivity index (χ0n) is 10.9. The molecule has 19 heavy (non-hydrogen) atoms. The number of rotatable bonds is 4. The summed E-state index contributed by atoms with van der Waals surface area (Å²) >= 11 is 4.92. The van der Waals surface area contributed by atoms with Crippen LogP contribution in [0.25, 0.3) is 0 Å². The van der Waals surface area contributed by atoms with Crippen molar-refractivity contribution in [1.82, 2.24) is 10.2 Å². The Kier molecular flexibility index (Phi) is 4.24. The number of carbonyl (C=O) groups is 1. The molecule has 5 heteroatoms. The van der Waals surface area contributed by atoms with Gasteiger partial charge in [0.1, 0.15) is 0 Å². The molecule has 0 atom stereocenters. The van der Waals surface area contributed by atoms with Crippen LogP contribution in [0.2, 0.25) is 0 Å². The predicted octanol–water partition coefficient (Wildman–Crippen LogP) is 3.11. The number of likely N-dealkylation sites (tertiary alicyclic amines) is 1. The van der Waals surface area contributed by atoms with Gasteiger partial charge in [0.15, 0.2) is 0 Å². The monoisotopic (exact) mass is 342 g/mol. The topological polar surface area (TPSA) is 32.3 Å². The first-order valence-electron chi connectivity index (χ1n) is 6.99. The molecule has 0 aromatic carbocycles. The summed E-state index contributed by atoms with van der Waals surface area (Å²) < 4.78 is 1.00. The molecule has 1 saturated heterocycles. The summed E-state index contributed by atoms with van der Waals surface area (Å²) in [6, 6.07) is 2.53. The molecule has 3 rings (SSSR count). The second-order valence-electron chi connectivity index (χ2n) is 5.55. The van der Waals surface area contributed by atoms with Gasteiger partial charge in [0, 0.05) is 29.0 Å². The van der Waals surface area contributed by atoms with E-state index in [4.69, 9.17) is 0 Å². The summed E-state index contributed by atoms with van der Waals surface area (Å²) in [6.45, 7) is 2.95. The summed E-state index contributed by atoms with van der Waals surface area (Å²) in [5.74, 6) is 1.12. The van der Waals surface area contributed by atoms with Gasteiger partial charge in [-0.1, -0.05) is 0 Å².